The normalized spacial score (nSPS) is 10.7. The lowest BCUT2D eigenvalue weighted by molar-refractivity contribution is 0.283. The second-order valence-corrected chi connectivity index (χ2v) is 6.36. The summed E-state index contributed by atoms with van der Waals surface area (Å²) < 4.78 is 28.4. The first-order chi connectivity index (χ1) is 14.5. The van der Waals surface area contributed by atoms with Gasteiger partial charge in [0.15, 0.2) is 17.2 Å². The molecule has 8 nitrogen and oxygen atoms in total. The minimum Gasteiger partial charge on any atom is -0.488 e. The van der Waals surface area contributed by atoms with Gasteiger partial charge in [-0.25, -0.2) is 9.18 Å². The van der Waals surface area contributed by atoms with E-state index in [0.717, 1.165) is 0 Å². The number of nitrogens with zero attached hydrogens (tertiary/aromatic N) is 3. The molecule has 3 heterocycles. The predicted molar refractivity (Wildman–Crippen MR) is 105 cm³/mol. The molecular weight excluding hydrogens is 391 g/mol. The number of para-hydroxylation sites is 2. The summed E-state index contributed by atoms with van der Waals surface area (Å²) in [4.78, 5) is 25.0. The maximum absolute atomic E-state index is 14.0. The van der Waals surface area contributed by atoms with Crippen molar-refractivity contribution in [2.24, 2.45) is 0 Å². The first-order valence-corrected chi connectivity index (χ1v) is 8.94. The van der Waals surface area contributed by atoms with Gasteiger partial charge in [0.1, 0.15) is 18.5 Å². The molecule has 1 N–H and O–H groups in total. The second kappa shape index (κ2) is 7.97. The maximum atomic E-state index is 14.0. The number of nitriles is 1. The average Bonchev–Trinajstić information content (AvgIpc) is 3.14. The number of pyridine rings is 1. The first-order valence-electron chi connectivity index (χ1n) is 8.94. The fourth-order valence-corrected chi connectivity index (χ4v) is 2.94. The highest BCUT2D eigenvalue weighted by atomic mass is 19.1. The number of ether oxygens (including phenoxy) is 2. The van der Waals surface area contributed by atoms with E-state index >= 15 is 0 Å². The number of hydrogen-bond donors (Lipinski definition) is 1. The van der Waals surface area contributed by atoms with Crippen LogP contribution >= 0.6 is 0 Å². The zero-order valence-electron chi connectivity index (χ0n) is 15.5. The Kier molecular flexibility index (Phi) is 5.05. The van der Waals surface area contributed by atoms with Gasteiger partial charge in [0.05, 0.1) is 17.6 Å². The minimum atomic E-state index is -0.528. The van der Waals surface area contributed by atoms with Crippen LogP contribution in [0.15, 0.2) is 70.6 Å². The van der Waals surface area contributed by atoms with Gasteiger partial charge in [0.2, 0.25) is 0 Å². The number of H-pyrrole nitrogens is 1. The number of nitrogens with one attached hydrogen (secondary N) is 1. The zero-order valence-corrected chi connectivity index (χ0v) is 15.5. The lowest BCUT2D eigenvalue weighted by Gasteiger charge is -2.14. The van der Waals surface area contributed by atoms with Crippen LogP contribution in [-0.2, 0) is 6.54 Å². The molecule has 0 amide bonds. The molecular formula is C21H15FN4O4. The van der Waals surface area contributed by atoms with E-state index in [1.54, 1.807) is 30.3 Å². The average molecular weight is 406 g/mol. The van der Waals surface area contributed by atoms with Crippen LogP contribution < -0.4 is 20.7 Å². The quantitative estimate of drug-likeness (QED) is 0.531. The number of halogens is 1. The number of benzene rings is 1. The van der Waals surface area contributed by atoms with Gasteiger partial charge in [-0.1, -0.05) is 12.1 Å². The van der Waals surface area contributed by atoms with Crippen LogP contribution in [0.25, 0.3) is 5.52 Å². The Hall–Kier alpha value is -4.32. The van der Waals surface area contributed by atoms with Crippen LogP contribution in [0.2, 0.25) is 0 Å². The van der Waals surface area contributed by atoms with Crippen LogP contribution in [0.4, 0.5) is 4.39 Å². The molecule has 0 aliphatic carbocycles. The van der Waals surface area contributed by atoms with E-state index in [0.29, 0.717) is 22.6 Å². The maximum Gasteiger partial charge on any atom is 0.328 e. The fourth-order valence-electron chi connectivity index (χ4n) is 2.94. The van der Waals surface area contributed by atoms with Crippen molar-refractivity contribution in [3.05, 3.63) is 93.3 Å². The highest BCUT2D eigenvalue weighted by Crippen LogP contribution is 2.34. The monoisotopic (exact) mass is 406 g/mol. The van der Waals surface area contributed by atoms with Gasteiger partial charge in [0, 0.05) is 30.7 Å². The third-order valence-electron chi connectivity index (χ3n) is 4.32. The standard InChI is InChI=1S/C21H15FN4O4/c22-15-10-19(16-9-14(11-23)12-26(16)13-15)30-18-4-2-1-3-17(18)29-8-7-25-6-5-20(27)24-21(25)28/h1-6,9-10,12-13H,7-8H2,(H,24,27,28). The van der Waals surface area contributed by atoms with Crippen molar-refractivity contribution in [2.45, 2.75) is 6.54 Å². The van der Waals surface area contributed by atoms with E-state index in [-0.39, 0.29) is 18.9 Å². The first kappa shape index (κ1) is 19.0. The van der Waals surface area contributed by atoms with Crippen LogP contribution in [0.1, 0.15) is 5.56 Å². The zero-order chi connectivity index (χ0) is 21.1. The molecule has 0 spiro atoms. The lowest BCUT2D eigenvalue weighted by Crippen LogP contribution is -2.30. The fraction of sp³-hybridized carbons (Fsp3) is 0.0952. The van der Waals surface area contributed by atoms with Crippen molar-refractivity contribution in [1.82, 2.24) is 14.0 Å². The smallest absolute Gasteiger partial charge is 0.328 e. The van der Waals surface area contributed by atoms with Crippen molar-refractivity contribution >= 4 is 5.52 Å². The summed E-state index contributed by atoms with van der Waals surface area (Å²) in [6, 6.07) is 12.9. The molecule has 0 aliphatic heterocycles. The minimum absolute atomic E-state index is 0.134. The molecule has 3 aromatic heterocycles. The highest BCUT2D eigenvalue weighted by molar-refractivity contribution is 5.65. The molecule has 150 valence electrons. The molecule has 4 rings (SSSR count). The van der Waals surface area contributed by atoms with E-state index in [4.69, 9.17) is 14.7 Å². The number of hydrogen-bond acceptors (Lipinski definition) is 5. The lowest BCUT2D eigenvalue weighted by atomic mass is 10.3. The molecule has 0 aliphatic rings. The van der Waals surface area contributed by atoms with Crippen LogP contribution in [0.5, 0.6) is 17.2 Å². The molecule has 0 saturated heterocycles. The van der Waals surface area contributed by atoms with Crippen molar-refractivity contribution in [2.75, 3.05) is 6.61 Å². The molecule has 9 heteroatoms. The van der Waals surface area contributed by atoms with E-state index in [9.17, 15) is 14.0 Å². The Balaban J connectivity index is 1.56. The molecule has 0 radical (unpaired) electrons. The molecule has 0 bridgehead atoms. The summed E-state index contributed by atoms with van der Waals surface area (Å²) in [5.74, 6) is 0.445. The Morgan fingerprint density at radius 3 is 2.63 bits per heavy atom. The van der Waals surface area contributed by atoms with E-state index < -0.39 is 17.1 Å². The highest BCUT2D eigenvalue weighted by Gasteiger charge is 2.12. The van der Waals surface area contributed by atoms with E-state index in [1.807, 2.05) is 6.07 Å². The molecule has 0 unspecified atom stereocenters. The summed E-state index contributed by atoms with van der Waals surface area (Å²) in [6.07, 6.45) is 4.15. The van der Waals surface area contributed by atoms with Gasteiger partial charge in [-0.2, -0.15) is 5.26 Å². The van der Waals surface area contributed by atoms with Crippen molar-refractivity contribution in [3.8, 4) is 23.3 Å². The van der Waals surface area contributed by atoms with E-state index in [2.05, 4.69) is 4.98 Å². The van der Waals surface area contributed by atoms with Gasteiger partial charge >= 0.3 is 5.69 Å². The number of fused-ring (bicyclic) bond motifs is 1. The molecule has 0 atom stereocenters. The van der Waals surface area contributed by atoms with Crippen molar-refractivity contribution < 1.29 is 13.9 Å². The number of rotatable bonds is 6. The van der Waals surface area contributed by atoms with Gasteiger partial charge in [-0.3, -0.25) is 14.3 Å². The summed E-state index contributed by atoms with van der Waals surface area (Å²) in [6.45, 7) is 0.340. The molecule has 30 heavy (non-hydrogen) atoms. The Labute approximate surface area is 169 Å². The van der Waals surface area contributed by atoms with Crippen LogP contribution in [0.3, 0.4) is 0 Å². The molecule has 0 saturated carbocycles. The summed E-state index contributed by atoms with van der Waals surface area (Å²) >= 11 is 0. The Bertz CT molecular complexity index is 1380. The summed E-state index contributed by atoms with van der Waals surface area (Å²) in [5.41, 5.74) is -0.0922. The third kappa shape index (κ3) is 3.93. The van der Waals surface area contributed by atoms with Crippen molar-refractivity contribution in [1.29, 1.82) is 5.26 Å². The van der Waals surface area contributed by atoms with Crippen LogP contribution in [0, 0.1) is 17.1 Å². The summed E-state index contributed by atoms with van der Waals surface area (Å²) in [5, 5.41) is 9.10. The Morgan fingerprint density at radius 1 is 1.07 bits per heavy atom. The Morgan fingerprint density at radius 2 is 1.87 bits per heavy atom. The van der Waals surface area contributed by atoms with E-state index in [1.165, 1.54) is 39.7 Å². The third-order valence-corrected chi connectivity index (χ3v) is 4.32. The van der Waals surface area contributed by atoms with Gasteiger partial charge in [-0.15, -0.1) is 0 Å². The van der Waals surface area contributed by atoms with Gasteiger partial charge in [0.25, 0.3) is 5.56 Å². The largest absolute Gasteiger partial charge is 0.488 e. The predicted octanol–water partition coefficient (Wildman–Crippen LogP) is 2.67. The van der Waals surface area contributed by atoms with Crippen molar-refractivity contribution in [3.63, 3.8) is 0 Å². The molecule has 1 aromatic carbocycles. The van der Waals surface area contributed by atoms with Gasteiger partial charge < -0.3 is 13.9 Å². The number of aromatic nitrogens is 3. The van der Waals surface area contributed by atoms with Gasteiger partial charge in [-0.05, 0) is 18.2 Å². The summed E-state index contributed by atoms with van der Waals surface area (Å²) in [7, 11) is 0. The molecule has 4 aromatic rings. The number of aromatic amines is 1. The topological polar surface area (TPSA) is 102 Å². The van der Waals surface area contributed by atoms with Crippen LogP contribution in [-0.4, -0.2) is 20.6 Å². The second-order valence-electron chi connectivity index (χ2n) is 6.36. The SMILES string of the molecule is N#Cc1cc2c(Oc3ccccc3OCCn3ccc(=O)[nH]c3=O)cc(F)cn2c1. The molecule has 0 fully saturated rings.